The summed E-state index contributed by atoms with van der Waals surface area (Å²) in [5, 5.41) is 2.72. The third-order valence-electron chi connectivity index (χ3n) is 4.11. The molecule has 1 aliphatic rings. The van der Waals surface area contributed by atoms with Crippen LogP contribution in [0, 0.1) is 5.92 Å². The molecule has 2 aromatic rings. The fraction of sp³-hybridized carbons (Fsp3) is 0.400. The first-order valence-electron chi connectivity index (χ1n) is 8.69. The summed E-state index contributed by atoms with van der Waals surface area (Å²) in [6.45, 7) is 7.08. The van der Waals surface area contributed by atoms with Crippen LogP contribution >= 0.6 is 0 Å². The lowest BCUT2D eigenvalue weighted by atomic mass is 9.98. The number of rotatable bonds is 6. The van der Waals surface area contributed by atoms with E-state index in [1.807, 2.05) is 24.3 Å². The van der Waals surface area contributed by atoms with Gasteiger partial charge in [0.2, 0.25) is 5.91 Å². The molecule has 0 fully saturated rings. The second-order valence-electron chi connectivity index (χ2n) is 6.74. The number of amides is 1. The van der Waals surface area contributed by atoms with E-state index >= 15 is 0 Å². The number of carbonyl (C=O) groups is 1. The summed E-state index contributed by atoms with van der Waals surface area (Å²) >= 11 is 0. The zero-order valence-corrected chi connectivity index (χ0v) is 15.0. The lowest BCUT2D eigenvalue weighted by molar-refractivity contribution is -0.114. The molecule has 2 heterocycles. The van der Waals surface area contributed by atoms with Crippen LogP contribution in [0.4, 0.5) is 5.82 Å². The largest absolute Gasteiger partial charge is 0.493 e. The molecule has 0 radical (unpaired) electrons. The van der Waals surface area contributed by atoms with Crippen LogP contribution in [0.25, 0.3) is 11.1 Å². The van der Waals surface area contributed by atoms with Crippen molar-refractivity contribution in [3.63, 3.8) is 0 Å². The first-order chi connectivity index (χ1) is 12.0. The standard InChI is InChI=1S/C20H24N2O3/c1-13(2)5-4-8-24-16-6-7-17-18-10-20(22-14(3)23)21-11-15(18)12-25-19(17)9-16/h6-7,9-11,13H,4-5,8,12H2,1-3H3,(H,21,22,23). The summed E-state index contributed by atoms with van der Waals surface area (Å²) in [4.78, 5) is 15.5. The van der Waals surface area contributed by atoms with Crippen LogP contribution in [0.5, 0.6) is 11.5 Å². The zero-order chi connectivity index (χ0) is 17.8. The minimum atomic E-state index is -0.134. The zero-order valence-electron chi connectivity index (χ0n) is 15.0. The van der Waals surface area contributed by atoms with Gasteiger partial charge in [-0.05, 0) is 42.5 Å². The summed E-state index contributed by atoms with van der Waals surface area (Å²) in [5.74, 6) is 2.73. The van der Waals surface area contributed by atoms with E-state index in [2.05, 4.69) is 24.1 Å². The van der Waals surface area contributed by atoms with E-state index in [0.29, 0.717) is 24.9 Å². The van der Waals surface area contributed by atoms with Crippen molar-refractivity contribution in [3.8, 4) is 22.6 Å². The van der Waals surface area contributed by atoms with E-state index in [-0.39, 0.29) is 5.91 Å². The summed E-state index contributed by atoms with van der Waals surface area (Å²) in [5.41, 5.74) is 3.03. The molecular formula is C20H24N2O3. The molecule has 0 unspecified atom stereocenters. The van der Waals surface area contributed by atoms with Gasteiger partial charge in [-0.25, -0.2) is 4.98 Å². The number of fused-ring (bicyclic) bond motifs is 3. The maximum Gasteiger partial charge on any atom is 0.222 e. The Labute approximate surface area is 148 Å². The smallest absolute Gasteiger partial charge is 0.222 e. The number of pyridine rings is 1. The summed E-state index contributed by atoms with van der Waals surface area (Å²) in [6, 6.07) is 7.79. The number of anilines is 1. The Morgan fingerprint density at radius 3 is 2.92 bits per heavy atom. The summed E-state index contributed by atoms with van der Waals surface area (Å²) < 4.78 is 11.7. The van der Waals surface area contributed by atoms with Crippen molar-refractivity contribution in [2.24, 2.45) is 5.92 Å². The number of benzene rings is 1. The number of hydrogen-bond donors (Lipinski definition) is 1. The van der Waals surface area contributed by atoms with E-state index in [9.17, 15) is 4.79 Å². The molecule has 0 aliphatic carbocycles. The van der Waals surface area contributed by atoms with E-state index in [1.54, 1.807) is 6.20 Å². The fourth-order valence-electron chi connectivity index (χ4n) is 2.87. The van der Waals surface area contributed by atoms with E-state index in [1.165, 1.54) is 6.92 Å². The average molecular weight is 340 g/mol. The van der Waals surface area contributed by atoms with Crippen molar-refractivity contribution in [2.45, 2.75) is 40.2 Å². The van der Waals surface area contributed by atoms with Gasteiger partial charge in [-0.1, -0.05) is 13.8 Å². The van der Waals surface area contributed by atoms with Gasteiger partial charge in [0.05, 0.1) is 6.61 Å². The first kappa shape index (κ1) is 17.3. The van der Waals surface area contributed by atoms with E-state index in [0.717, 1.165) is 41.0 Å². The van der Waals surface area contributed by atoms with Crippen molar-refractivity contribution >= 4 is 11.7 Å². The third kappa shape index (κ3) is 4.29. The van der Waals surface area contributed by atoms with E-state index in [4.69, 9.17) is 9.47 Å². The van der Waals surface area contributed by atoms with Crippen LogP contribution < -0.4 is 14.8 Å². The molecule has 5 nitrogen and oxygen atoms in total. The molecule has 0 atom stereocenters. The average Bonchev–Trinajstić information content (AvgIpc) is 2.57. The number of hydrogen-bond acceptors (Lipinski definition) is 4. The highest BCUT2D eigenvalue weighted by Gasteiger charge is 2.19. The first-order valence-corrected chi connectivity index (χ1v) is 8.69. The van der Waals surface area contributed by atoms with Gasteiger partial charge in [-0.3, -0.25) is 4.79 Å². The fourth-order valence-corrected chi connectivity index (χ4v) is 2.87. The summed E-state index contributed by atoms with van der Waals surface area (Å²) in [7, 11) is 0. The highest BCUT2D eigenvalue weighted by Crippen LogP contribution is 2.40. The second-order valence-corrected chi connectivity index (χ2v) is 6.74. The number of ether oxygens (including phenoxy) is 2. The Morgan fingerprint density at radius 2 is 2.16 bits per heavy atom. The molecule has 0 bridgehead atoms. The monoisotopic (exact) mass is 340 g/mol. The van der Waals surface area contributed by atoms with Gasteiger partial charge in [-0.15, -0.1) is 0 Å². The predicted molar refractivity (Wildman–Crippen MR) is 97.9 cm³/mol. The third-order valence-corrected chi connectivity index (χ3v) is 4.11. The number of carbonyl (C=O) groups excluding carboxylic acids is 1. The Balaban J connectivity index is 1.77. The van der Waals surface area contributed by atoms with Crippen molar-refractivity contribution in [1.29, 1.82) is 0 Å². The van der Waals surface area contributed by atoms with Crippen LogP contribution in [-0.2, 0) is 11.4 Å². The minimum Gasteiger partial charge on any atom is -0.493 e. The SMILES string of the molecule is CC(=O)Nc1cc2c(cn1)COc1cc(OCCCC(C)C)ccc1-2. The van der Waals surface area contributed by atoms with Gasteiger partial charge in [0, 0.05) is 30.3 Å². The normalized spacial score (nSPS) is 12.2. The molecule has 1 aromatic carbocycles. The number of nitrogens with one attached hydrogen (secondary N) is 1. The number of aromatic nitrogens is 1. The molecule has 1 amide bonds. The predicted octanol–water partition coefficient (Wildman–Crippen LogP) is 4.41. The van der Waals surface area contributed by atoms with Crippen LogP contribution in [0.2, 0.25) is 0 Å². The Hall–Kier alpha value is -2.56. The molecule has 1 N–H and O–H groups in total. The molecule has 132 valence electrons. The van der Waals surface area contributed by atoms with Crippen LogP contribution in [-0.4, -0.2) is 17.5 Å². The van der Waals surface area contributed by atoms with Gasteiger partial charge in [-0.2, -0.15) is 0 Å². The Morgan fingerprint density at radius 1 is 1.32 bits per heavy atom. The van der Waals surface area contributed by atoms with Crippen molar-refractivity contribution < 1.29 is 14.3 Å². The maximum absolute atomic E-state index is 11.2. The Kier molecular flexibility index (Phi) is 5.22. The molecule has 25 heavy (non-hydrogen) atoms. The quantitative estimate of drug-likeness (QED) is 0.791. The molecular weight excluding hydrogens is 316 g/mol. The molecule has 1 aliphatic heterocycles. The Bertz CT molecular complexity index is 772. The maximum atomic E-state index is 11.2. The summed E-state index contributed by atoms with van der Waals surface area (Å²) in [6.07, 6.45) is 3.96. The molecule has 5 heteroatoms. The van der Waals surface area contributed by atoms with Gasteiger partial charge >= 0.3 is 0 Å². The minimum absolute atomic E-state index is 0.134. The van der Waals surface area contributed by atoms with Crippen molar-refractivity contribution in [3.05, 3.63) is 36.0 Å². The molecule has 0 spiro atoms. The van der Waals surface area contributed by atoms with Crippen molar-refractivity contribution in [2.75, 3.05) is 11.9 Å². The van der Waals surface area contributed by atoms with Crippen molar-refractivity contribution in [1.82, 2.24) is 4.98 Å². The lowest BCUT2D eigenvalue weighted by Gasteiger charge is -2.22. The molecule has 1 aromatic heterocycles. The van der Waals surface area contributed by atoms with E-state index < -0.39 is 0 Å². The highest BCUT2D eigenvalue weighted by atomic mass is 16.5. The van der Waals surface area contributed by atoms with Gasteiger partial charge in [0.1, 0.15) is 23.9 Å². The van der Waals surface area contributed by atoms with Crippen LogP contribution in [0.3, 0.4) is 0 Å². The molecule has 3 rings (SSSR count). The second kappa shape index (κ2) is 7.55. The highest BCUT2D eigenvalue weighted by molar-refractivity contribution is 5.89. The van der Waals surface area contributed by atoms with Gasteiger partial charge < -0.3 is 14.8 Å². The van der Waals surface area contributed by atoms with Crippen LogP contribution in [0.1, 0.15) is 39.2 Å². The topological polar surface area (TPSA) is 60.5 Å². The molecule has 0 saturated carbocycles. The van der Waals surface area contributed by atoms with Gasteiger partial charge in [0.15, 0.2) is 0 Å². The van der Waals surface area contributed by atoms with Gasteiger partial charge in [0.25, 0.3) is 0 Å². The lowest BCUT2D eigenvalue weighted by Crippen LogP contribution is -2.11. The van der Waals surface area contributed by atoms with Crippen LogP contribution in [0.15, 0.2) is 30.5 Å². The molecule has 0 saturated heterocycles. The number of nitrogens with zero attached hydrogens (tertiary/aromatic N) is 1.